The summed E-state index contributed by atoms with van der Waals surface area (Å²) in [6, 6.07) is 11.0. The molecule has 1 saturated heterocycles. The van der Waals surface area contributed by atoms with Crippen LogP contribution < -0.4 is 4.90 Å². The summed E-state index contributed by atoms with van der Waals surface area (Å²) in [7, 11) is 0. The van der Waals surface area contributed by atoms with Crippen LogP contribution in [-0.4, -0.2) is 43.3 Å². The number of hydrogen-bond acceptors (Lipinski definition) is 4. The lowest BCUT2D eigenvalue weighted by Crippen LogP contribution is -2.32. The maximum Gasteiger partial charge on any atom is 0.0529 e. The lowest BCUT2D eigenvalue weighted by Gasteiger charge is -2.32. The molecule has 1 fully saturated rings. The van der Waals surface area contributed by atoms with Crippen molar-refractivity contribution in [3.05, 3.63) is 51.7 Å². The molecule has 2 aliphatic heterocycles. The largest absolute Gasteiger partial charge is 0.371 e. The van der Waals surface area contributed by atoms with Gasteiger partial charge < -0.3 is 15.2 Å². The van der Waals surface area contributed by atoms with Gasteiger partial charge in [0.15, 0.2) is 0 Å². The first-order valence-electron chi connectivity index (χ1n) is 10.00. The summed E-state index contributed by atoms with van der Waals surface area (Å²) in [6.45, 7) is 6.22. The second-order valence-electron chi connectivity index (χ2n) is 7.59. The second-order valence-corrected chi connectivity index (χ2v) is 8.54. The number of likely N-dealkylation sites (tertiary alicyclic amines) is 1. The number of aryl methyl sites for hydroxylation is 1. The van der Waals surface area contributed by atoms with Gasteiger partial charge in [0.2, 0.25) is 0 Å². The van der Waals surface area contributed by atoms with E-state index in [2.05, 4.69) is 33.4 Å². The van der Waals surface area contributed by atoms with E-state index < -0.39 is 0 Å². The summed E-state index contributed by atoms with van der Waals surface area (Å²) in [5, 5.41) is 10.4. The zero-order valence-corrected chi connectivity index (χ0v) is 16.4. The van der Waals surface area contributed by atoms with Crippen molar-refractivity contribution in [3.63, 3.8) is 0 Å². The van der Waals surface area contributed by atoms with E-state index in [9.17, 15) is 0 Å². The number of hydrogen-bond donors (Lipinski definition) is 1. The monoisotopic (exact) mass is 367 g/mol. The topological polar surface area (TPSA) is 30.3 Å². The van der Waals surface area contributed by atoms with E-state index in [1.54, 1.807) is 11.3 Å². The van der Waals surface area contributed by atoms with Crippen molar-refractivity contribution in [1.82, 2.24) is 4.90 Å². The van der Waals surface area contributed by atoms with Crippen LogP contribution in [0.2, 0.25) is 0 Å². The zero-order valence-electron chi connectivity index (χ0n) is 15.5. The average Bonchev–Trinajstić information content (AvgIpc) is 3.36. The van der Waals surface area contributed by atoms with E-state index in [0.29, 0.717) is 0 Å². The smallest absolute Gasteiger partial charge is 0.0529 e. The molecular weight excluding hydrogens is 338 g/mol. The lowest BCUT2D eigenvalue weighted by molar-refractivity contribution is 0.334. The molecule has 138 valence electrons. The lowest BCUT2D eigenvalue weighted by atomic mass is 9.97. The second kappa shape index (κ2) is 8.36. The van der Waals surface area contributed by atoms with Crippen molar-refractivity contribution in [1.29, 1.82) is 5.41 Å². The van der Waals surface area contributed by atoms with Gasteiger partial charge in [-0.3, -0.25) is 0 Å². The molecule has 0 spiro atoms. The van der Waals surface area contributed by atoms with Gasteiger partial charge in [-0.1, -0.05) is 18.2 Å². The van der Waals surface area contributed by atoms with Gasteiger partial charge in [0.1, 0.15) is 0 Å². The molecule has 4 rings (SSSR count). The van der Waals surface area contributed by atoms with E-state index in [4.69, 9.17) is 5.41 Å². The Hall–Kier alpha value is -1.65. The summed E-state index contributed by atoms with van der Waals surface area (Å²) in [6.07, 6.45) is 7.21. The molecule has 2 aromatic rings. The van der Waals surface area contributed by atoms with Gasteiger partial charge in [-0.15, -0.1) is 11.3 Å². The zero-order chi connectivity index (χ0) is 17.8. The van der Waals surface area contributed by atoms with Crippen LogP contribution in [0.15, 0.2) is 35.7 Å². The van der Waals surface area contributed by atoms with Crippen molar-refractivity contribution in [3.8, 4) is 0 Å². The Morgan fingerprint density at radius 2 is 1.92 bits per heavy atom. The fourth-order valence-corrected chi connectivity index (χ4v) is 4.98. The highest BCUT2D eigenvalue weighted by molar-refractivity contribution is 7.12. The Kier molecular flexibility index (Phi) is 5.71. The highest BCUT2D eigenvalue weighted by Crippen LogP contribution is 2.29. The fraction of sp³-hybridized carbons (Fsp3) is 0.500. The van der Waals surface area contributed by atoms with E-state index in [1.807, 2.05) is 12.1 Å². The molecule has 0 bridgehead atoms. The molecule has 26 heavy (non-hydrogen) atoms. The van der Waals surface area contributed by atoms with E-state index in [1.165, 1.54) is 81.6 Å². The molecule has 1 aromatic heterocycles. The van der Waals surface area contributed by atoms with Crippen LogP contribution in [0, 0.1) is 5.41 Å². The Bertz CT molecular complexity index is 732. The molecule has 3 nitrogen and oxygen atoms in total. The Morgan fingerprint density at radius 3 is 2.73 bits per heavy atom. The first-order chi connectivity index (χ1) is 12.8. The SMILES string of the molecule is N=C(Cc1ccc2c(c1)CCCN2CCCN1CCCC1)c1cccs1. The van der Waals surface area contributed by atoms with Gasteiger partial charge in [0.25, 0.3) is 0 Å². The molecular formula is C22H29N3S. The standard InChI is InChI=1S/C22H29N3S/c23-20(22-7-4-15-26-22)17-18-8-9-21-19(16-18)6-3-13-25(21)14-5-12-24-10-1-2-11-24/h4,7-9,15-16,23H,1-3,5-6,10-14,17H2. The molecule has 1 aromatic carbocycles. The number of nitrogens with one attached hydrogen (secondary N) is 1. The Balaban J connectivity index is 1.37. The van der Waals surface area contributed by atoms with Crippen molar-refractivity contribution in [2.75, 3.05) is 37.6 Å². The quantitative estimate of drug-likeness (QED) is 0.725. The number of thiophene rings is 1. The molecule has 3 heterocycles. The number of nitrogens with zero attached hydrogens (tertiary/aromatic N) is 2. The third-order valence-electron chi connectivity index (χ3n) is 5.66. The van der Waals surface area contributed by atoms with Crippen molar-refractivity contribution < 1.29 is 0 Å². The molecule has 0 atom stereocenters. The number of benzene rings is 1. The third-order valence-corrected chi connectivity index (χ3v) is 6.59. The number of fused-ring (bicyclic) bond motifs is 1. The van der Waals surface area contributed by atoms with E-state index in [-0.39, 0.29) is 0 Å². The van der Waals surface area contributed by atoms with Crippen LogP contribution >= 0.6 is 11.3 Å². The normalized spacial score (nSPS) is 17.5. The van der Waals surface area contributed by atoms with Gasteiger partial charge in [0, 0.05) is 30.1 Å². The van der Waals surface area contributed by atoms with Gasteiger partial charge in [-0.25, -0.2) is 0 Å². The third kappa shape index (κ3) is 4.18. The van der Waals surface area contributed by atoms with Crippen LogP contribution in [0.4, 0.5) is 5.69 Å². The predicted octanol–water partition coefficient (Wildman–Crippen LogP) is 4.60. The average molecular weight is 368 g/mol. The van der Waals surface area contributed by atoms with E-state index >= 15 is 0 Å². The van der Waals surface area contributed by atoms with Gasteiger partial charge in [0.05, 0.1) is 5.71 Å². The maximum absolute atomic E-state index is 8.33. The molecule has 0 amide bonds. The number of rotatable bonds is 7. The van der Waals surface area contributed by atoms with Crippen molar-refractivity contribution in [2.24, 2.45) is 0 Å². The first-order valence-corrected chi connectivity index (χ1v) is 10.9. The van der Waals surface area contributed by atoms with Crippen LogP contribution in [-0.2, 0) is 12.8 Å². The van der Waals surface area contributed by atoms with Crippen molar-refractivity contribution in [2.45, 2.75) is 38.5 Å². The number of anilines is 1. The molecule has 1 N–H and O–H groups in total. The summed E-state index contributed by atoms with van der Waals surface area (Å²) < 4.78 is 0. The molecule has 0 radical (unpaired) electrons. The Labute approximate surface area is 161 Å². The summed E-state index contributed by atoms with van der Waals surface area (Å²) in [5.41, 5.74) is 4.93. The molecule has 4 heteroatoms. The van der Waals surface area contributed by atoms with Crippen LogP contribution in [0.1, 0.15) is 41.7 Å². The Morgan fingerprint density at radius 1 is 1.04 bits per heavy atom. The summed E-state index contributed by atoms with van der Waals surface area (Å²) in [4.78, 5) is 6.29. The van der Waals surface area contributed by atoms with Crippen LogP contribution in [0.5, 0.6) is 0 Å². The van der Waals surface area contributed by atoms with Crippen molar-refractivity contribution >= 4 is 22.7 Å². The van der Waals surface area contributed by atoms with Gasteiger partial charge in [-0.05, 0) is 80.4 Å². The molecule has 2 aliphatic rings. The van der Waals surface area contributed by atoms with Gasteiger partial charge >= 0.3 is 0 Å². The predicted molar refractivity (Wildman–Crippen MR) is 112 cm³/mol. The molecule has 0 saturated carbocycles. The van der Waals surface area contributed by atoms with Crippen LogP contribution in [0.25, 0.3) is 0 Å². The highest BCUT2D eigenvalue weighted by atomic mass is 32.1. The van der Waals surface area contributed by atoms with Crippen LogP contribution in [0.3, 0.4) is 0 Å². The minimum absolute atomic E-state index is 0.734. The summed E-state index contributed by atoms with van der Waals surface area (Å²) >= 11 is 1.66. The first kappa shape index (κ1) is 17.7. The molecule has 0 unspecified atom stereocenters. The highest BCUT2D eigenvalue weighted by Gasteiger charge is 2.18. The minimum Gasteiger partial charge on any atom is -0.371 e. The van der Waals surface area contributed by atoms with E-state index in [0.717, 1.165) is 17.0 Å². The summed E-state index contributed by atoms with van der Waals surface area (Å²) in [5.74, 6) is 0. The fourth-order valence-electron chi connectivity index (χ4n) is 4.30. The minimum atomic E-state index is 0.734. The van der Waals surface area contributed by atoms with Gasteiger partial charge in [-0.2, -0.15) is 0 Å². The maximum atomic E-state index is 8.33. The molecule has 0 aliphatic carbocycles.